The second kappa shape index (κ2) is 10.4. The topological polar surface area (TPSA) is 125 Å². The first kappa shape index (κ1) is 24.9. The predicted molar refractivity (Wildman–Crippen MR) is 150 cm³/mol. The van der Waals surface area contributed by atoms with Crippen LogP contribution in [0.15, 0.2) is 71.3 Å². The maximum absolute atomic E-state index is 12.7. The van der Waals surface area contributed by atoms with Crippen LogP contribution in [-0.2, 0) is 19.4 Å². The molecule has 5 aromatic rings. The Morgan fingerprint density at radius 1 is 1.05 bits per heavy atom. The lowest BCUT2D eigenvalue weighted by atomic mass is 9.79. The molecule has 0 bridgehead atoms. The highest BCUT2D eigenvalue weighted by molar-refractivity contribution is 6.58. The van der Waals surface area contributed by atoms with Gasteiger partial charge in [0.25, 0.3) is 5.91 Å². The molecule has 3 heterocycles. The molecule has 1 aliphatic carbocycles. The van der Waals surface area contributed by atoms with Crippen molar-refractivity contribution in [2.45, 2.75) is 39.2 Å². The third-order valence-corrected chi connectivity index (χ3v) is 7.10. The number of anilines is 2. The van der Waals surface area contributed by atoms with Crippen LogP contribution in [-0.4, -0.2) is 37.6 Å². The summed E-state index contributed by atoms with van der Waals surface area (Å²) in [5.41, 5.74) is 6.04. The van der Waals surface area contributed by atoms with Crippen molar-refractivity contribution in [3.8, 4) is 5.95 Å². The van der Waals surface area contributed by atoms with Gasteiger partial charge in [-0.3, -0.25) is 9.36 Å². The van der Waals surface area contributed by atoms with Gasteiger partial charge < -0.3 is 25.1 Å². The first-order valence-electron chi connectivity index (χ1n) is 13.0. The van der Waals surface area contributed by atoms with Crippen LogP contribution in [0, 0.1) is 6.92 Å². The number of hydrogen-bond acceptors (Lipinski definition) is 7. The molecule has 0 radical (unpaired) electrons. The van der Waals surface area contributed by atoms with E-state index >= 15 is 0 Å². The van der Waals surface area contributed by atoms with Crippen LogP contribution in [0.4, 0.5) is 11.5 Å². The van der Waals surface area contributed by atoms with E-state index in [2.05, 4.69) is 10.6 Å². The van der Waals surface area contributed by atoms with Crippen molar-refractivity contribution in [3.63, 3.8) is 0 Å². The average molecular weight is 521 g/mol. The van der Waals surface area contributed by atoms with Gasteiger partial charge in [-0.2, -0.15) is 4.98 Å². The van der Waals surface area contributed by atoms with Crippen molar-refractivity contribution in [2.75, 3.05) is 10.6 Å². The number of hydrogen-bond donors (Lipinski definition) is 4. The van der Waals surface area contributed by atoms with Crippen LogP contribution < -0.4 is 16.1 Å². The quantitative estimate of drug-likeness (QED) is 0.241. The Morgan fingerprint density at radius 2 is 1.90 bits per heavy atom. The second-order valence-corrected chi connectivity index (χ2v) is 9.77. The summed E-state index contributed by atoms with van der Waals surface area (Å²) in [6, 6.07) is 18.3. The molecule has 1 aliphatic rings. The fourth-order valence-electron chi connectivity index (χ4n) is 5.21. The van der Waals surface area contributed by atoms with Gasteiger partial charge in [0.2, 0.25) is 5.95 Å². The molecule has 10 heteroatoms. The first-order valence-corrected chi connectivity index (χ1v) is 13.0. The summed E-state index contributed by atoms with van der Waals surface area (Å²) in [4.78, 5) is 22.6. The summed E-state index contributed by atoms with van der Waals surface area (Å²) in [7, 11) is -1.51. The maximum Gasteiger partial charge on any atom is 0.488 e. The van der Waals surface area contributed by atoms with E-state index < -0.39 is 7.12 Å². The molecule has 0 unspecified atom stereocenters. The SMILES string of the molecule is Cc1cc2c(NC(=O)c3ccco3)cccc2n1-c1nc2c(c(NCc3cccc(B(O)O)c3)n1)CCCC2. The van der Waals surface area contributed by atoms with Crippen molar-refractivity contribution >= 4 is 40.9 Å². The van der Waals surface area contributed by atoms with Crippen molar-refractivity contribution in [1.82, 2.24) is 14.5 Å². The molecular weight excluding hydrogens is 493 g/mol. The summed E-state index contributed by atoms with van der Waals surface area (Å²) in [5.74, 6) is 1.29. The minimum Gasteiger partial charge on any atom is -0.459 e. The highest BCUT2D eigenvalue weighted by Crippen LogP contribution is 2.32. The van der Waals surface area contributed by atoms with E-state index in [1.54, 1.807) is 24.3 Å². The lowest BCUT2D eigenvalue weighted by Gasteiger charge is -2.21. The van der Waals surface area contributed by atoms with Crippen molar-refractivity contribution < 1.29 is 19.3 Å². The number of rotatable bonds is 7. The molecule has 39 heavy (non-hydrogen) atoms. The summed E-state index contributed by atoms with van der Waals surface area (Å²) in [6.07, 6.45) is 5.42. The maximum atomic E-state index is 12.7. The number of aromatic nitrogens is 3. The molecule has 0 saturated carbocycles. The lowest BCUT2D eigenvalue weighted by Crippen LogP contribution is -2.30. The first-order chi connectivity index (χ1) is 19.0. The van der Waals surface area contributed by atoms with Crippen LogP contribution >= 0.6 is 0 Å². The molecule has 0 atom stereocenters. The summed E-state index contributed by atoms with van der Waals surface area (Å²) in [6.45, 7) is 2.48. The van der Waals surface area contributed by atoms with Crippen molar-refractivity contribution in [3.05, 3.63) is 95.2 Å². The number of aryl methyl sites for hydroxylation is 2. The Morgan fingerprint density at radius 3 is 2.72 bits per heavy atom. The number of nitrogens with zero attached hydrogens (tertiary/aromatic N) is 3. The number of carbonyl (C=O) groups is 1. The van der Waals surface area contributed by atoms with Crippen LogP contribution in [0.1, 0.15) is 45.9 Å². The number of benzene rings is 2. The number of furan rings is 1. The van der Waals surface area contributed by atoms with Gasteiger partial charge in [-0.15, -0.1) is 0 Å². The average Bonchev–Trinajstić information content (AvgIpc) is 3.60. The molecule has 196 valence electrons. The largest absolute Gasteiger partial charge is 0.488 e. The standard InChI is InChI=1S/C29H28BN5O4/c1-18-15-22-24(32-28(36)26-13-6-14-39-26)11-5-12-25(22)35(18)29-33-23-10-3-2-9-21(23)27(34-29)31-17-19-7-4-8-20(16-19)30(37)38/h4-8,11-16,37-38H,2-3,9-10,17H2,1H3,(H,32,36)(H,31,33,34). The Kier molecular flexibility index (Phi) is 6.64. The molecule has 9 nitrogen and oxygen atoms in total. The smallest absolute Gasteiger partial charge is 0.459 e. The fraction of sp³-hybridized carbons (Fsp3) is 0.207. The van der Waals surface area contributed by atoms with Crippen LogP contribution in [0.5, 0.6) is 0 Å². The zero-order valence-electron chi connectivity index (χ0n) is 21.5. The minimum absolute atomic E-state index is 0.246. The van der Waals surface area contributed by atoms with Gasteiger partial charge in [0.05, 0.1) is 23.2 Å². The van der Waals surface area contributed by atoms with Crippen LogP contribution in [0.3, 0.4) is 0 Å². The molecule has 1 amide bonds. The van der Waals surface area contributed by atoms with Gasteiger partial charge in [-0.05, 0) is 74.0 Å². The van der Waals surface area contributed by atoms with Gasteiger partial charge in [0.1, 0.15) is 5.82 Å². The molecule has 3 aromatic heterocycles. The summed E-state index contributed by atoms with van der Waals surface area (Å²) in [5, 5.41) is 26.4. The van der Waals surface area contributed by atoms with Gasteiger partial charge in [-0.25, -0.2) is 4.98 Å². The Balaban J connectivity index is 1.37. The fourth-order valence-corrected chi connectivity index (χ4v) is 5.21. The molecule has 2 aromatic carbocycles. The molecule has 0 spiro atoms. The van der Waals surface area contributed by atoms with E-state index in [9.17, 15) is 14.8 Å². The van der Waals surface area contributed by atoms with E-state index in [0.29, 0.717) is 23.6 Å². The van der Waals surface area contributed by atoms with E-state index in [1.807, 2.05) is 47.9 Å². The van der Waals surface area contributed by atoms with Crippen molar-refractivity contribution in [1.29, 1.82) is 0 Å². The zero-order valence-corrected chi connectivity index (χ0v) is 21.5. The second-order valence-electron chi connectivity index (χ2n) is 9.77. The Hall–Kier alpha value is -4.41. The summed E-state index contributed by atoms with van der Waals surface area (Å²) >= 11 is 0. The summed E-state index contributed by atoms with van der Waals surface area (Å²) < 4.78 is 7.26. The van der Waals surface area contributed by atoms with Gasteiger partial charge in [0.15, 0.2) is 5.76 Å². The lowest BCUT2D eigenvalue weighted by molar-refractivity contribution is 0.0997. The van der Waals surface area contributed by atoms with E-state index in [-0.39, 0.29) is 11.7 Å². The molecule has 0 saturated heterocycles. The third-order valence-electron chi connectivity index (χ3n) is 7.10. The highest BCUT2D eigenvalue weighted by Gasteiger charge is 2.21. The van der Waals surface area contributed by atoms with Gasteiger partial charge in [-0.1, -0.05) is 30.3 Å². The van der Waals surface area contributed by atoms with Crippen LogP contribution in [0.25, 0.3) is 16.9 Å². The molecule has 6 rings (SSSR count). The highest BCUT2D eigenvalue weighted by atomic mass is 16.4. The molecule has 0 fully saturated rings. The van der Waals surface area contributed by atoms with Crippen molar-refractivity contribution in [2.24, 2.45) is 0 Å². The molecular formula is C29H28BN5O4. The normalized spacial score (nSPS) is 12.8. The Labute approximate surface area is 225 Å². The molecule has 4 N–H and O–H groups in total. The predicted octanol–water partition coefficient (Wildman–Crippen LogP) is 3.74. The zero-order chi connectivity index (χ0) is 26.9. The van der Waals surface area contributed by atoms with Gasteiger partial charge >= 0.3 is 7.12 Å². The minimum atomic E-state index is -1.51. The Bertz CT molecular complexity index is 1660. The van der Waals surface area contributed by atoms with E-state index in [4.69, 9.17) is 14.4 Å². The number of carbonyl (C=O) groups excluding carboxylic acids is 1. The number of fused-ring (bicyclic) bond motifs is 2. The van der Waals surface area contributed by atoms with Crippen LogP contribution in [0.2, 0.25) is 0 Å². The number of nitrogens with one attached hydrogen (secondary N) is 2. The number of amides is 1. The third kappa shape index (κ3) is 4.92. The van der Waals surface area contributed by atoms with E-state index in [0.717, 1.165) is 64.9 Å². The van der Waals surface area contributed by atoms with Gasteiger partial charge in [0, 0.05) is 23.2 Å². The monoisotopic (exact) mass is 521 g/mol. The molecule has 0 aliphatic heterocycles. The van der Waals surface area contributed by atoms with E-state index in [1.165, 1.54) is 6.26 Å².